The molecule has 0 spiro atoms. The van der Waals surface area contributed by atoms with E-state index in [4.69, 9.17) is 9.84 Å². The number of nitrogens with one attached hydrogen (secondary N) is 1. The summed E-state index contributed by atoms with van der Waals surface area (Å²) in [7, 11) is 0. The second-order valence-corrected chi connectivity index (χ2v) is 5.98. The Balaban J connectivity index is 2.48. The zero-order valence-corrected chi connectivity index (χ0v) is 12.4. The van der Waals surface area contributed by atoms with E-state index in [1.165, 1.54) is 0 Å². The summed E-state index contributed by atoms with van der Waals surface area (Å²) in [6.45, 7) is 4.25. The maximum absolute atomic E-state index is 12.0. The Morgan fingerprint density at radius 1 is 1.35 bits per heavy atom. The summed E-state index contributed by atoms with van der Waals surface area (Å²) in [5, 5.41) is 11.5. The molecule has 1 rings (SSSR count). The van der Waals surface area contributed by atoms with E-state index in [2.05, 4.69) is 19.2 Å². The molecular formula is C14H19NO4S. The lowest BCUT2D eigenvalue weighted by Gasteiger charge is -2.11. The standard InChI is InChI=1S/C14H19NO4S/c1-10(2)20-12-6-4-3-5-11(12)14(18)15-7-8-19-9-13(16)17/h3-6,10H,7-9H2,1-2H3,(H,15,18)(H,16,17). The molecule has 0 atom stereocenters. The van der Waals surface area contributed by atoms with E-state index in [-0.39, 0.29) is 25.7 Å². The van der Waals surface area contributed by atoms with Gasteiger partial charge in [0.1, 0.15) is 6.61 Å². The molecule has 0 bridgehead atoms. The van der Waals surface area contributed by atoms with E-state index in [0.717, 1.165) is 4.90 Å². The summed E-state index contributed by atoms with van der Waals surface area (Å²) in [5.41, 5.74) is 0.629. The lowest BCUT2D eigenvalue weighted by molar-refractivity contribution is -0.142. The van der Waals surface area contributed by atoms with Gasteiger partial charge in [-0.25, -0.2) is 4.79 Å². The molecule has 5 nitrogen and oxygen atoms in total. The molecule has 0 saturated carbocycles. The van der Waals surface area contributed by atoms with Crippen molar-refractivity contribution in [2.24, 2.45) is 0 Å². The Morgan fingerprint density at radius 2 is 2.05 bits per heavy atom. The second kappa shape index (κ2) is 8.60. The maximum atomic E-state index is 12.0. The van der Waals surface area contributed by atoms with Crippen molar-refractivity contribution < 1.29 is 19.4 Å². The normalized spacial score (nSPS) is 10.6. The quantitative estimate of drug-likeness (QED) is 0.567. The Morgan fingerprint density at radius 3 is 2.70 bits per heavy atom. The number of benzene rings is 1. The van der Waals surface area contributed by atoms with Gasteiger partial charge in [-0.3, -0.25) is 4.79 Å². The van der Waals surface area contributed by atoms with E-state index in [9.17, 15) is 9.59 Å². The first-order chi connectivity index (χ1) is 9.50. The van der Waals surface area contributed by atoms with E-state index in [1.54, 1.807) is 17.8 Å². The monoisotopic (exact) mass is 297 g/mol. The van der Waals surface area contributed by atoms with Crippen LogP contribution in [-0.2, 0) is 9.53 Å². The molecule has 1 amide bonds. The number of aliphatic carboxylic acids is 1. The number of carbonyl (C=O) groups is 2. The molecule has 0 saturated heterocycles. The maximum Gasteiger partial charge on any atom is 0.329 e. The van der Waals surface area contributed by atoms with Crippen LogP contribution in [0, 0.1) is 0 Å². The van der Waals surface area contributed by atoms with Crippen molar-refractivity contribution in [3.63, 3.8) is 0 Å². The predicted octanol–water partition coefficient (Wildman–Crippen LogP) is 2.02. The largest absolute Gasteiger partial charge is 0.480 e. The Bertz CT molecular complexity index is 462. The van der Waals surface area contributed by atoms with Gasteiger partial charge >= 0.3 is 5.97 Å². The van der Waals surface area contributed by atoms with Crippen molar-refractivity contribution in [1.82, 2.24) is 5.32 Å². The zero-order valence-electron chi connectivity index (χ0n) is 11.6. The number of rotatable bonds is 8. The van der Waals surface area contributed by atoms with Crippen LogP contribution in [0.15, 0.2) is 29.2 Å². The molecule has 1 aromatic rings. The summed E-state index contributed by atoms with van der Waals surface area (Å²) < 4.78 is 4.86. The highest BCUT2D eigenvalue weighted by atomic mass is 32.2. The number of amides is 1. The second-order valence-electron chi connectivity index (χ2n) is 4.36. The van der Waals surface area contributed by atoms with E-state index in [0.29, 0.717) is 10.8 Å². The fourth-order valence-electron chi connectivity index (χ4n) is 1.50. The zero-order chi connectivity index (χ0) is 15.0. The van der Waals surface area contributed by atoms with Crippen LogP contribution in [-0.4, -0.2) is 42.0 Å². The molecule has 0 aliphatic heterocycles. The molecule has 0 fully saturated rings. The van der Waals surface area contributed by atoms with Crippen molar-refractivity contribution >= 4 is 23.6 Å². The number of carboxylic acids is 1. The number of thioether (sulfide) groups is 1. The average molecular weight is 297 g/mol. The molecule has 0 aliphatic carbocycles. The molecule has 0 aromatic heterocycles. The first kappa shape index (κ1) is 16.5. The van der Waals surface area contributed by atoms with Gasteiger partial charge in [0.05, 0.1) is 12.2 Å². The first-order valence-electron chi connectivity index (χ1n) is 6.34. The molecule has 110 valence electrons. The van der Waals surface area contributed by atoms with Crippen molar-refractivity contribution in [3.8, 4) is 0 Å². The van der Waals surface area contributed by atoms with Gasteiger partial charge in [0.25, 0.3) is 5.91 Å². The van der Waals surface area contributed by atoms with Crippen molar-refractivity contribution in [3.05, 3.63) is 29.8 Å². The highest BCUT2D eigenvalue weighted by Crippen LogP contribution is 2.26. The van der Waals surface area contributed by atoms with Gasteiger partial charge in [0, 0.05) is 16.7 Å². The van der Waals surface area contributed by atoms with E-state index in [1.807, 2.05) is 18.2 Å². The molecule has 20 heavy (non-hydrogen) atoms. The fourth-order valence-corrected chi connectivity index (χ4v) is 2.46. The number of ether oxygens (including phenoxy) is 1. The highest BCUT2D eigenvalue weighted by molar-refractivity contribution is 8.00. The van der Waals surface area contributed by atoms with E-state index < -0.39 is 5.97 Å². The van der Waals surface area contributed by atoms with Crippen LogP contribution in [0.3, 0.4) is 0 Å². The van der Waals surface area contributed by atoms with Crippen LogP contribution in [0.1, 0.15) is 24.2 Å². The van der Waals surface area contributed by atoms with Gasteiger partial charge in [-0.15, -0.1) is 11.8 Å². The van der Waals surface area contributed by atoms with Crippen LogP contribution >= 0.6 is 11.8 Å². The average Bonchev–Trinajstić information content (AvgIpc) is 2.37. The molecule has 6 heteroatoms. The SMILES string of the molecule is CC(C)Sc1ccccc1C(=O)NCCOCC(=O)O. The minimum absolute atomic E-state index is 0.173. The molecule has 0 heterocycles. The van der Waals surface area contributed by atoms with Gasteiger partial charge in [0.2, 0.25) is 0 Å². The number of hydrogen-bond donors (Lipinski definition) is 2. The molecule has 1 aromatic carbocycles. The Labute approximate surface area is 122 Å². The fraction of sp³-hybridized carbons (Fsp3) is 0.429. The molecule has 0 radical (unpaired) electrons. The van der Waals surface area contributed by atoms with Crippen LogP contribution in [0.2, 0.25) is 0 Å². The van der Waals surface area contributed by atoms with Crippen molar-refractivity contribution in [1.29, 1.82) is 0 Å². The smallest absolute Gasteiger partial charge is 0.329 e. The molecule has 0 unspecified atom stereocenters. The van der Waals surface area contributed by atoms with Gasteiger partial charge in [-0.2, -0.15) is 0 Å². The summed E-state index contributed by atoms with van der Waals surface area (Å²) in [6.07, 6.45) is 0. The topological polar surface area (TPSA) is 75.6 Å². The summed E-state index contributed by atoms with van der Waals surface area (Å²) in [4.78, 5) is 23.2. The Hall–Kier alpha value is -1.53. The van der Waals surface area contributed by atoms with Crippen LogP contribution in [0.25, 0.3) is 0 Å². The lowest BCUT2D eigenvalue weighted by Crippen LogP contribution is -2.28. The highest BCUT2D eigenvalue weighted by Gasteiger charge is 2.11. The predicted molar refractivity (Wildman–Crippen MR) is 78.2 cm³/mol. The Kier molecular flexibility index (Phi) is 7.11. The minimum Gasteiger partial charge on any atom is -0.480 e. The summed E-state index contributed by atoms with van der Waals surface area (Å²) in [6, 6.07) is 7.41. The van der Waals surface area contributed by atoms with Crippen LogP contribution in [0.5, 0.6) is 0 Å². The van der Waals surface area contributed by atoms with Crippen molar-refractivity contribution in [2.75, 3.05) is 19.8 Å². The number of carbonyl (C=O) groups excluding carboxylic acids is 1. The van der Waals surface area contributed by atoms with Crippen molar-refractivity contribution in [2.45, 2.75) is 24.0 Å². The molecule has 2 N–H and O–H groups in total. The van der Waals surface area contributed by atoms with Gasteiger partial charge in [-0.05, 0) is 12.1 Å². The molecule has 0 aliphatic rings. The molecular weight excluding hydrogens is 278 g/mol. The summed E-state index contributed by atoms with van der Waals surface area (Å²) in [5.74, 6) is -1.19. The van der Waals surface area contributed by atoms with Gasteiger partial charge < -0.3 is 15.2 Å². The van der Waals surface area contributed by atoms with Gasteiger partial charge in [0.15, 0.2) is 0 Å². The summed E-state index contributed by atoms with van der Waals surface area (Å²) >= 11 is 1.63. The third-order valence-electron chi connectivity index (χ3n) is 2.25. The number of carboxylic acid groups (broad SMARTS) is 1. The lowest BCUT2D eigenvalue weighted by atomic mass is 10.2. The third-order valence-corrected chi connectivity index (χ3v) is 3.33. The third kappa shape index (κ3) is 6.08. The van der Waals surface area contributed by atoms with E-state index >= 15 is 0 Å². The van der Waals surface area contributed by atoms with Crippen LogP contribution in [0.4, 0.5) is 0 Å². The number of hydrogen-bond acceptors (Lipinski definition) is 4. The van der Waals surface area contributed by atoms with Gasteiger partial charge in [-0.1, -0.05) is 26.0 Å². The first-order valence-corrected chi connectivity index (χ1v) is 7.22. The minimum atomic E-state index is -1.02. The van der Waals surface area contributed by atoms with Crippen LogP contribution < -0.4 is 5.32 Å².